The first-order valence-corrected chi connectivity index (χ1v) is 6.46. The number of hydrogen-bond acceptors (Lipinski definition) is 3. The zero-order valence-electron chi connectivity index (χ0n) is 10.9. The quantitative estimate of drug-likeness (QED) is 0.653. The van der Waals surface area contributed by atoms with Gasteiger partial charge in [-0.05, 0) is 43.3 Å². The van der Waals surface area contributed by atoms with Crippen LogP contribution >= 0.6 is 11.6 Å². The van der Waals surface area contributed by atoms with Crippen LogP contribution in [-0.2, 0) is 0 Å². The Balaban J connectivity index is 2.10. The molecule has 102 valence electrons. The van der Waals surface area contributed by atoms with Crippen LogP contribution in [0.1, 0.15) is 17.3 Å². The Morgan fingerprint density at radius 2 is 1.90 bits per heavy atom. The van der Waals surface area contributed by atoms with Crippen LogP contribution < -0.4 is 5.32 Å². The van der Waals surface area contributed by atoms with Crippen molar-refractivity contribution in [3.05, 3.63) is 70.9 Å². The summed E-state index contributed by atoms with van der Waals surface area (Å²) in [6.45, 7) is 1.79. The first-order valence-electron chi connectivity index (χ1n) is 6.09. The number of hydrogen-bond donors (Lipinski definition) is 2. The standard InChI is InChI=1S/C16H14ClNO2/c1-11(18-14-3-2-4-15(19)10-14)9-16(20)12-5-7-13(17)8-6-12/h2-10,18-19H,1H3/b11-9-. The Morgan fingerprint density at radius 3 is 2.55 bits per heavy atom. The van der Waals surface area contributed by atoms with Gasteiger partial charge in [0.15, 0.2) is 5.78 Å². The number of halogens is 1. The highest BCUT2D eigenvalue weighted by molar-refractivity contribution is 6.30. The van der Waals surface area contributed by atoms with E-state index in [0.717, 1.165) is 5.69 Å². The average molecular weight is 288 g/mol. The van der Waals surface area contributed by atoms with Crippen molar-refractivity contribution in [3.8, 4) is 5.75 Å². The Hall–Kier alpha value is -2.26. The topological polar surface area (TPSA) is 49.3 Å². The van der Waals surface area contributed by atoms with Gasteiger partial charge in [0.1, 0.15) is 5.75 Å². The molecule has 0 aliphatic rings. The lowest BCUT2D eigenvalue weighted by molar-refractivity contribution is 0.104. The highest BCUT2D eigenvalue weighted by atomic mass is 35.5. The molecular formula is C16H14ClNO2. The third-order valence-electron chi connectivity index (χ3n) is 2.66. The Morgan fingerprint density at radius 1 is 1.20 bits per heavy atom. The number of nitrogens with one attached hydrogen (secondary N) is 1. The number of aromatic hydroxyl groups is 1. The molecule has 0 unspecified atom stereocenters. The summed E-state index contributed by atoms with van der Waals surface area (Å²) in [4.78, 5) is 12.0. The van der Waals surface area contributed by atoms with Crippen LogP contribution in [-0.4, -0.2) is 10.9 Å². The fraction of sp³-hybridized carbons (Fsp3) is 0.0625. The molecule has 0 fully saturated rings. The van der Waals surface area contributed by atoms with Gasteiger partial charge < -0.3 is 10.4 Å². The predicted molar refractivity (Wildman–Crippen MR) is 81.3 cm³/mol. The third kappa shape index (κ3) is 3.87. The molecule has 0 atom stereocenters. The first kappa shape index (κ1) is 14.2. The van der Waals surface area contributed by atoms with Crippen LogP contribution in [0.4, 0.5) is 5.69 Å². The van der Waals surface area contributed by atoms with E-state index < -0.39 is 0 Å². The molecule has 2 N–H and O–H groups in total. The molecule has 2 rings (SSSR count). The summed E-state index contributed by atoms with van der Waals surface area (Å²) in [5, 5.41) is 13.0. The summed E-state index contributed by atoms with van der Waals surface area (Å²) in [6.07, 6.45) is 1.51. The number of carbonyl (C=O) groups excluding carboxylic acids is 1. The highest BCUT2D eigenvalue weighted by Gasteiger charge is 2.03. The highest BCUT2D eigenvalue weighted by Crippen LogP contribution is 2.17. The molecule has 2 aromatic rings. The number of carbonyl (C=O) groups is 1. The summed E-state index contributed by atoms with van der Waals surface area (Å²) in [6, 6.07) is 13.4. The summed E-state index contributed by atoms with van der Waals surface area (Å²) < 4.78 is 0. The number of allylic oxidation sites excluding steroid dienone is 2. The van der Waals surface area contributed by atoms with Gasteiger partial charge in [-0.1, -0.05) is 17.7 Å². The van der Waals surface area contributed by atoms with E-state index in [1.807, 2.05) is 6.07 Å². The number of phenolic OH excluding ortho intramolecular Hbond substituents is 1. The molecular weight excluding hydrogens is 274 g/mol. The third-order valence-corrected chi connectivity index (χ3v) is 2.92. The molecule has 0 bridgehead atoms. The summed E-state index contributed by atoms with van der Waals surface area (Å²) >= 11 is 5.78. The Labute approximate surface area is 122 Å². The minimum Gasteiger partial charge on any atom is -0.508 e. The van der Waals surface area contributed by atoms with Gasteiger partial charge in [0.2, 0.25) is 0 Å². The maximum atomic E-state index is 12.0. The van der Waals surface area contributed by atoms with Gasteiger partial charge in [-0.2, -0.15) is 0 Å². The van der Waals surface area contributed by atoms with Crippen molar-refractivity contribution >= 4 is 23.1 Å². The molecule has 2 aromatic carbocycles. The fourth-order valence-corrected chi connectivity index (χ4v) is 1.87. The van der Waals surface area contributed by atoms with E-state index in [1.165, 1.54) is 6.08 Å². The molecule has 0 radical (unpaired) electrons. The van der Waals surface area contributed by atoms with E-state index in [4.69, 9.17) is 11.6 Å². The lowest BCUT2D eigenvalue weighted by Crippen LogP contribution is -2.01. The SMILES string of the molecule is C/C(=C/C(=O)c1ccc(Cl)cc1)Nc1cccc(O)c1. The molecule has 0 saturated heterocycles. The Kier molecular flexibility index (Phi) is 4.43. The second kappa shape index (κ2) is 6.26. The summed E-state index contributed by atoms with van der Waals surface area (Å²) in [5.41, 5.74) is 1.99. The van der Waals surface area contributed by atoms with Crippen LogP contribution in [0.25, 0.3) is 0 Å². The molecule has 0 amide bonds. The van der Waals surface area contributed by atoms with Crippen LogP contribution in [0.2, 0.25) is 5.02 Å². The van der Waals surface area contributed by atoms with E-state index in [-0.39, 0.29) is 11.5 Å². The molecule has 0 spiro atoms. The number of ketones is 1. The lowest BCUT2D eigenvalue weighted by Gasteiger charge is -2.06. The minimum atomic E-state index is -0.105. The monoisotopic (exact) mass is 287 g/mol. The molecule has 0 saturated carbocycles. The van der Waals surface area contributed by atoms with Gasteiger partial charge in [0.05, 0.1) is 0 Å². The van der Waals surface area contributed by atoms with Crippen molar-refractivity contribution < 1.29 is 9.90 Å². The van der Waals surface area contributed by atoms with Gasteiger partial charge in [-0.3, -0.25) is 4.79 Å². The smallest absolute Gasteiger partial charge is 0.187 e. The summed E-state index contributed by atoms with van der Waals surface area (Å²) in [5.74, 6) is 0.0682. The van der Waals surface area contributed by atoms with Crippen LogP contribution in [0.5, 0.6) is 5.75 Å². The normalized spacial score (nSPS) is 11.2. The number of phenols is 1. The molecule has 0 aliphatic heterocycles. The molecule has 4 heteroatoms. The maximum Gasteiger partial charge on any atom is 0.187 e. The van der Waals surface area contributed by atoms with Gasteiger partial charge in [-0.25, -0.2) is 0 Å². The van der Waals surface area contributed by atoms with E-state index in [1.54, 1.807) is 49.4 Å². The molecule has 0 aliphatic carbocycles. The second-order valence-electron chi connectivity index (χ2n) is 4.37. The van der Waals surface area contributed by atoms with E-state index >= 15 is 0 Å². The minimum absolute atomic E-state index is 0.105. The first-order chi connectivity index (χ1) is 9.54. The predicted octanol–water partition coefficient (Wildman–Crippen LogP) is 4.24. The lowest BCUT2D eigenvalue weighted by atomic mass is 10.1. The van der Waals surface area contributed by atoms with E-state index in [2.05, 4.69) is 5.32 Å². The van der Waals surface area contributed by atoms with E-state index in [0.29, 0.717) is 16.3 Å². The maximum absolute atomic E-state index is 12.0. The van der Waals surface area contributed by atoms with Gasteiger partial charge in [-0.15, -0.1) is 0 Å². The Bertz CT molecular complexity index is 648. The zero-order valence-corrected chi connectivity index (χ0v) is 11.7. The van der Waals surface area contributed by atoms with Crippen LogP contribution in [0, 0.1) is 0 Å². The van der Waals surface area contributed by atoms with Gasteiger partial charge in [0, 0.05) is 34.1 Å². The van der Waals surface area contributed by atoms with E-state index in [9.17, 15) is 9.90 Å². The summed E-state index contributed by atoms with van der Waals surface area (Å²) in [7, 11) is 0. The van der Waals surface area contributed by atoms with Crippen LogP contribution in [0.15, 0.2) is 60.3 Å². The van der Waals surface area contributed by atoms with Crippen molar-refractivity contribution in [1.82, 2.24) is 0 Å². The van der Waals surface area contributed by atoms with Gasteiger partial charge in [0.25, 0.3) is 0 Å². The number of anilines is 1. The van der Waals surface area contributed by atoms with Crippen molar-refractivity contribution in [1.29, 1.82) is 0 Å². The van der Waals surface area contributed by atoms with Crippen molar-refractivity contribution in [2.75, 3.05) is 5.32 Å². The van der Waals surface area contributed by atoms with Crippen molar-refractivity contribution in [2.45, 2.75) is 6.92 Å². The fourth-order valence-electron chi connectivity index (χ4n) is 1.74. The molecule has 20 heavy (non-hydrogen) atoms. The largest absolute Gasteiger partial charge is 0.508 e. The average Bonchev–Trinajstić information content (AvgIpc) is 2.39. The molecule has 3 nitrogen and oxygen atoms in total. The van der Waals surface area contributed by atoms with Crippen molar-refractivity contribution in [3.63, 3.8) is 0 Å². The van der Waals surface area contributed by atoms with Gasteiger partial charge >= 0.3 is 0 Å². The zero-order chi connectivity index (χ0) is 14.5. The van der Waals surface area contributed by atoms with Crippen molar-refractivity contribution in [2.24, 2.45) is 0 Å². The second-order valence-corrected chi connectivity index (χ2v) is 4.81. The number of benzene rings is 2. The molecule has 0 heterocycles. The molecule has 0 aromatic heterocycles. The number of rotatable bonds is 4. The van der Waals surface area contributed by atoms with Crippen LogP contribution in [0.3, 0.4) is 0 Å².